The molecular weight excluding hydrogens is 456 g/mol. The number of hydrogen-bond donors (Lipinski definition) is 3. The second kappa shape index (κ2) is 11.5. The highest BCUT2D eigenvalue weighted by atomic mass is 16.5. The minimum Gasteiger partial charge on any atom is -0.493 e. The van der Waals surface area contributed by atoms with Crippen LogP contribution in [0.25, 0.3) is 0 Å². The van der Waals surface area contributed by atoms with E-state index in [1.807, 2.05) is 30.3 Å². The van der Waals surface area contributed by atoms with Gasteiger partial charge in [-0.1, -0.05) is 30.3 Å². The SMILES string of the molecule is N=C(N)c1cc(C(=O)OCc2ccccc2)ccc1OCCCn1ccn(CC(=O)O)c(=O)c1=O. The average molecular weight is 480 g/mol. The first-order valence-electron chi connectivity index (χ1n) is 10.6. The number of carbonyl (C=O) groups is 2. The van der Waals surface area contributed by atoms with Gasteiger partial charge in [0.15, 0.2) is 0 Å². The predicted octanol–water partition coefficient (Wildman–Crippen LogP) is 1.20. The van der Waals surface area contributed by atoms with Crippen molar-refractivity contribution >= 4 is 17.8 Å². The summed E-state index contributed by atoms with van der Waals surface area (Å²) >= 11 is 0. The third-order valence-electron chi connectivity index (χ3n) is 4.96. The van der Waals surface area contributed by atoms with Crippen molar-refractivity contribution in [1.29, 1.82) is 5.41 Å². The number of rotatable bonds is 11. The number of benzene rings is 2. The number of aryl methyl sites for hydroxylation is 1. The zero-order valence-corrected chi connectivity index (χ0v) is 18.7. The molecule has 0 amide bonds. The average Bonchev–Trinajstić information content (AvgIpc) is 2.84. The minimum absolute atomic E-state index is 0.105. The number of nitrogens with one attached hydrogen (secondary N) is 1. The maximum Gasteiger partial charge on any atom is 0.338 e. The lowest BCUT2D eigenvalue weighted by Crippen LogP contribution is -2.41. The molecule has 0 saturated carbocycles. The van der Waals surface area contributed by atoms with Gasteiger partial charge in [-0.15, -0.1) is 0 Å². The van der Waals surface area contributed by atoms with Gasteiger partial charge in [-0.3, -0.25) is 24.4 Å². The molecule has 0 atom stereocenters. The van der Waals surface area contributed by atoms with Crippen LogP contribution in [0.5, 0.6) is 5.75 Å². The van der Waals surface area contributed by atoms with Crippen LogP contribution in [-0.2, 0) is 29.2 Å². The second-order valence-electron chi connectivity index (χ2n) is 7.51. The molecule has 3 aromatic rings. The van der Waals surface area contributed by atoms with Crippen LogP contribution in [0.2, 0.25) is 0 Å². The van der Waals surface area contributed by atoms with Crippen LogP contribution in [-0.4, -0.2) is 38.6 Å². The Kier molecular flexibility index (Phi) is 8.17. The number of esters is 1. The highest BCUT2D eigenvalue weighted by molar-refractivity contribution is 6.00. The lowest BCUT2D eigenvalue weighted by atomic mass is 10.1. The first-order valence-corrected chi connectivity index (χ1v) is 10.6. The van der Waals surface area contributed by atoms with Crippen molar-refractivity contribution in [2.24, 2.45) is 5.73 Å². The van der Waals surface area contributed by atoms with Gasteiger partial charge in [-0.2, -0.15) is 0 Å². The van der Waals surface area contributed by atoms with Gasteiger partial charge in [-0.05, 0) is 30.2 Å². The van der Waals surface area contributed by atoms with Crippen LogP contribution >= 0.6 is 0 Å². The zero-order valence-electron chi connectivity index (χ0n) is 18.7. The molecule has 0 spiro atoms. The molecular formula is C24H24N4O7. The van der Waals surface area contributed by atoms with E-state index in [0.717, 1.165) is 10.1 Å². The third kappa shape index (κ3) is 6.67. The van der Waals surface area contributed by atoms with Gasteiger partial charge < -0.3 is 24.9 Å². The molecule has 0 aliphatic heterocycles. The van der Waals surface area contributed by atoms with Crippen LogP contribution in [0.4, 0.5) is 0 Å². The van der Waals surface area contributed by atoms with Crippen molar-refractivity contribution in [2.45, 2.75) is 26.1 Å². The smallest absolute Gasteiger partial charge is 0.338 e. The summed E-state index contributed by atoms with van der Waals surface area (Å²) in [5.74, 6) is -1.81. The highest BCUT2D eigenvalue weighted by Crippen LogP contribution is 2.21. The fourth-order valence-electron chi connectivity index (χ4n) is 3.21. The van der Waals surface area contributed by atoms with Crippen molar-refractivity contribution in [1.82, 2.24) is 9.13 Å². The Bertz CT molecular complexity index is 1350. The second-order valence-corrected chi connectivity index (χ2v) is 7.51. The van der Waals surface area contributed by atoms with Gasteiger partial charge in [0.2, 0.25) is 0 Å². The number of carbonyl (C=O) groups excluding carboxylic acids is 1. The maximum absolute atomic E-state index is 12.4. The molecule has 11 heteroatoms. The Balaban J connectivity index is 1.60. The van der Waals surface area contributed by atoms with Crippen molar-refractivity contribution in [2.75, 3.05) is 6.61 Å². The van der Waals surface area contributed by atoms with Gasteiger partial charge in [0.25, 0.3) is 0 Å². The molecule has 0 aliphatic carbocycles. The van der Waals surface area contributed by atoms with E-state index in [-0.39, 0.29) is 42.5 Å². The molecule has 0 saturated heterocycles. The van der Waals surface area contributed by atoms with E-state index in [9.17, 15) is 19.2 Å². The van der Waals surface area contributed by atoms with Gasteiger partial charge in [0.05, 0.1) is 17.7 Å². The van der Waals surface area contributed by atoms with Crippen molar-refractivity contribution in [3.8, 4) is 5.75 Å². The molecule has 0 radical (unpaired) electrons. The molecule has 2 aromatic carbocycles. The monoisotopic (exact) mass is 480 g/mol. The number of carboxylic acid groups (broad SMARTS) is 1. The van der Waals surface area contributed by atoms with Crippen LogP contribution in [0.15, 0.2) is 70.5 Å². The Morgan fingerprint density at radius 1 is 1.00 bits per heavy atom. The Labute approximate surface area is 199 Å². The summed E-state index contributed by atoms with van der Waals surface area (Å²) in [4.78, 5) is 47.3. The molecule has 11 nitrogen and oxygen atoms in total. The van der Waals surface area contributed by atoms with Crippen molar-refractivity contribution < 1.29 is 24.2 Å². The highest BCUT2D eigenvalue weighted by Gasteiger charge is 2.14. The summed E-state index contributed by atoms with van der Waals surface area (Å²) in [6, 6.07) is 13.6. The molecule has 4 N–H and O–H groups in total. The standard InChI is InChI=1S/C24H24N4O7/c25-21(26)18-13-17(24(33)35-15-16-5-2-1-3-6-16)7-8-19(18)34-12-4-9-27-10-11-28(14-20(29)30)23(32)22(27)31/h1-3,5-8,10-11,13H,4,9,12,14-15H2,(H3,25,26)(H,29,30). The van der Waals surface area contributed by atoms with E-state index in [0.29, 0.717) is 6.42 Å². The number of nitrogen functional groups attached to an aromatic ring is 1. The fraction of sp³-hybridized carbons (Fsp3) is 0.208. The maximum atomic E-state index is 12.4. The predicted molar refractivity (Wildman–Crippen MR) is 126 cm³/mol. The number of ether oxygens (including phenoxy) is 2. The normalized spacial score (nSPS) is 10.5. The molecule has 1 heterocycles. The number of hydrogen-bond acceptors (Lipinski definition) is 7. The van der Waals surface area contributed by atoms with Crippen LogP contribution in [0.1, 0.15) is 27.9 Å². The summed E-state index contributed by atoms with van der Waals surface area (Å²) in [5.41, 5.74) is 5.16. The first-order chi connectivity index (χ1) is 16.8. The molecule has 0 unspecified atom stereocenters. The Morgan fingerprint density at radius 3 is 2.37 bits per heavy atom. The first kappa shape index (κ1) is 25.0. The Morgan fingerprint density at radius 2 is 1.69 bits per heavy atom. The number of aromatic nitrogens is 2. The minimum atomic E-state index is -1.23. The molecule has 182 valence electrons. The molecule has 3 rings (SSSR count). The summed E-state index contributed by atoms with van der Waals surface area (Å²) in [5, 5.41) is 16.6. The van der Waals surface area contributed by atoms with Crippen LogP contribution < -0.4 is 21.6 Å². The number of aliphatic carboxylic acids is 1. The largest absolute Gasteiger partial charge is 0.493 e. The number of nitrogens with two attached hydrogens (primary N) is 1. The van der Waals surface area contributed by atoms with E-state index in [2.05, 4.69) is 0 Å². The van der Waals surface area contributed by atoms with E-state index >= 15 is 0 Å². The van der Waals surface area contributed by atoms with E-state index in [1.165, 1.54) is 35.2 Å². The van der Waals surface area contributed by atoms with Crippen molar-refractivity contribution in [3.05, 3.63) is 98.3 Å². The van der Waals surface area contributed by atoms with E-state index in [4.69, 9.17) is 25.7 Å². The van der Waals surface area contributed by atoms with E-state index in [1.54, 1.807) is 0 Å². The number of nitrogens with zero attached hydrogens (tertiary/aromatic N) is 2. The van der Waals surface area contributed by atoms with E-state index < -0.39 is 29.6 Å². The van der Waals surface area contributed by atoms with Gasteiger partial charge in [-0.25, -0.2) is 4.79 Å². The molecule has 1 aromatic heterocycles. The molecule has 35 heavy (non-hydrogen) atoms. The summed E-state index contributed by atoms with van der Waals surface area (Å²) < 4.78 is 13.0. The summed E-state index contributed by atoms with van der Waals surface area (Å²) in [6.45, 7) is -0.209. The lowest BCUT2D eigenvalue weighted by Gasteiger charge is -2.13. The fourth-order valence-corrected chi connectivity index (χ4v) is 3.21. The topological polar surface area (TPSA) is 167 Å². The van der Waals surface area contributed by atoms with Gasteiger partial charge in [0, 0.05) is 18.9 Å². The van der Waals surface area contributed by atoms with Crippen LogP contribution in [0.3, 0.4) is 0 Å². The van der Waals surface area contributed by atoms with Gasteiger partial charge >= 0.3 is 23.1 Å². The molecule has 0 fully saturated rings. The Hall–Kier alpha value is -4.67. The number of carboxylic acids is 1. The number of amidine groups is 1. The summed E-state index contributed by atoms with van der Waals surface area (Å²) in [6.07, 6.45) is 2.91. The molecule has 0 aliphatic rings. The van der Waals surface area contributed by atoms with Crippen LogP contribution in [0, 0.1) is 5.41 Å². The third-order valence-corrected chi connectivity index (χ3v) is 4.96. The van der Waals surface area contributed by atoms with Crippen molar-refractivity contribution in [3.63, 3.8) is 0 Å². The lowest BCUT2D eigenvalue weighted by molar-refractivity contribution is -0.137. The quantitative estimate of drug-likeness (QED) is 0.121. The summed E-state index contributed by atoms with van der Waals surface area (Å²) in [7, 11) is 0. The van der Waals surface area contributed by atoms with Gasteiger partial charge in [0.1, 0.15) is 24.7 Å². The molecule has 0 bridgehead atoms. The zero-order chi connectivity index (χ0) is 25.4.